The number of hydrogen-bond acceptors (Lipinski definition) is 4. The van der Waals surface area contributed by atoms with E-state index in [1.165, 1.54) is 21.8 Å². The Bertz CT molecular complexity index is 709. The van der Waals surface area contributed by atoms with Crippen molar-refractivity contribution in [2.24, 2.45) is 0 Å². The van der Waals surface area contributed by atoms with Gasteiger partial charge in [-0.05, 0) is 35.4 Å². The zero-order valence-corrected chi connectivity index (χ0v) is 13.5. The largest absolute Gasteiger partial charge is 0.291 e. The fourth-order valence-corrected chi connectivity index (χ4v) is 4.98. The molecule has 2 nitrogen and oxygen atoms in total. The van der Waals surface area contributed by atoms with E-state index < -0.39 is 5.92 Å². The minimum atomic E-state index is -0.827. The van der Waals surface area contributed by atoms with Crippen molar-refractivity contribution in [2.45, 2.75) is 18.1 Å². The highest BCUT2D eigenvalue weighted by molar-refractivity contribution is 7.98. The van der Waals surface area contributed by atoms with Gasteiger partial charge >= 0.3 is 0 Å². The first kappa shape index (κ1) is 14.6. The summed E-state index contributed by atoms with van der Waals surface area (Å²) in [6.45, 7) is 0. The van der Waals surface area contributed by atoms with Gasteiger partial charge in [0.1, 0.15) is 5.92 Å². The van der Waals surface area contributed by atoms with E-state index in [1.54, 1.807) is 24.3 Å². The number of aryl methyl sites for hydroxylation is 1. The van der Waals surface area contributed by atoms with Crippen LogP contribution in [0.2, 0.25) is 5.02 Å². The number of halogens is 1. The number of carbonyl (C=O) groups excluding carboxylic acids is 1. The van der Waals surface area contributed by atoms with Crippen LogP contribution in [0.3, 0.4) is 0 Å². The first-order valence-corrected chi connectivity index (χ1v) is 8.93. The molecule has 1 aromatic carbocycles. The minimum absolute atomic E-state index is 0.144. The fraction of sp³-hybridized carbons (Fsp3) is 0.250. The summed E-state index contributed by atoms with van der Waals surface area (Å²) in [7, 11) is 0. The summed E-state index contributed by atoms with van der Waals surface area (Å²) < 4.78 is 0. The van der Waals surface area contributed by atoms with Gasteiger partial charge in [0.25, 0.3) is 0 Å². The van der Waals surface area contributed by atoms with Crippen LogP contribution < -0.4 is 0 Å². The van der Waals surface area contributed by atoms with Gasteiger partial charge in [-0.3, -0.25) is 4.79 Å². The molecule has 0 bridgehead atoms. The average Bonchev–Trinajstić information content (AvgIpc) is 2.93. The molecule has 2 heterocycles. The van der Waals surface area contributed by atoms with E-state index in [9.17, 15) is 10.1 Å². The van der Waals surface area contributed by atoms with Crippen molar-refractivity contribution in [3.8, 4) is 6.07 Å². The molecule has 0 amide bonds. The van der Waals surface area contributed by atoms with Crippen LogP contribution in [0.4, 0.5) is 0 Å². The highest BCUT2D eigenvalue weighted by Gasteiger charge is 2.26. The molecule has 1 aliphatic rings. The van der Waals surface area contributed by atoms with E-state index in [2.05, 4.69) is 6.07 Å². The lowest BCUT2D eigenvalue weighted by Crippen LogP contribution is -2.10. The van der Waals surface area contributed by atoms with Crippen molar-refractivity contribution in [3.05, 3.63) is 56.2 Å². The highest BCUT2D eigenvalue weighted by atomic mass is 35.5. The summed E-state index contributed by atoms with van der Waals surface area (Å²) >= 11 is 9.54. The average molecular weight is 334 g/mol. The molecular weight excluding hydrogens is 322 g/mol. The van der Waals surface area contributed by atoms with Gasteiger partial charge < -0.3 is 0 Å². The number of thioether (sulfide) groups is 1. The second-order valence-electron chi connectivity index (χ2n) is 4.81. The molecule has 0 N–H and O–H groups in total. The number of Topliss-reactive ketones (excluding diaryl/α,β-unsaturated/α-hetero) is 1. The Balaban J connectivity index is 1.95. The highest BCUT2D eigenvalue weighted by Crippen LogP contribution is 2.35. The maximum absolute atomic E-state index is 12.7. The lowest BCUT2D eigenvalue weighted by atomic mass is 9.95. The van der Waals surface area contributed by atoms with Crippen molar-refractivity contribution in [1.82, 2.24) is 0 Å². The standard InChI is InChI=1S/C16H12ClNOS2/c17-13-4-2-1-3-11(13)12(8-18)16(19)15-7-10-9-20-6-5-14(10)21-15/h1-4,7,12H,5-6,9H2. The summed E-state index contributed by atoms with van der Waals surface area (Å²) in [6.07, 6.45) is 1.02. The Hall–Kier alpha value is -1.28. The number of fused-ring (bicyclic) bond motifs is 1. The molecule has 0 radical (unpaired) electrons. The minimum Gasteiger partial charge on any atom is -0.291 e. The molecule has 0 fully saturated rings. The SMILES string of the molecule is N#CC(C(=O)c1cc2c(s1)CCSC2)c1ccccc1Cl. The molecule has 5 heteroatoms. The van der Waals surface area contributed by atoms with Crippen molar-refractivity contribution >= 4 is 40.5 Å². The topological polar surface area (TPSA) is 40.9 Å². The number of thiophene rings is 1. The van der Waals surface area contributed by atoms with Gasteiger partial charge in [-0.2, -0.15) is 17.0 Å². The Morgan fingerprint density at radius 2 is 2.19 bits per heavy atom. The van der Waals surface area contributed by atoms with Crippen molar-refractivity contribution in [3.63, 3.8) is 0 Å². The van der Waals surface area contributed by atoms with Crippen LogP contribution in [0.5, 0.6) is 0 Å². The molecule has 0 saturated carbocycles. The number of nitriles is 1. The number of hydrogen-bond donors (Lipinski definition) is 0. The Morgan fingerprint density at radius 3 is 2.90 bits per heavy atom. The number of ketones is 1. The molecule has 1 unspecified atom stereocenters. The molecule has 1 aliphatic heterocycles. The molecule has 0 saturated heterocycles. The predicted octanol–water partition coefficient (Wildman–Crippen LogP) is 4.68. The zero-order valence-electron chi connectivity index (χ0n) is 11.1. The van der Waals surface area contributed by atoms with Gasteiger partial charge in [-0.25, -0.2) is 0 Å². The molecule has 1 aromatic heterocycles. The second kappa shape index (κ2) is 6.23. The molecule has 2 aromatic rings. The van der Waals surface area contributed by atoms with Gasteiger partial charge in [-0.1, -0.05) is 29.8 Å². The summed E-state index contributed by atoms with van der Waals surface area (Å²) in [5.74, 6) is 1.09. The van der Waals surface area contributed by atoms with E-state index in [4.69, 9.17) is 11.6 Å². The van der Waals surface area contributed by atoms with Crippen LogP contribution in [0.15, 0.2) is 30.3 Å². The third-order valence-electron chi connectivity index (χ3n) is 3.48. The van der Waals surface area contributed by atoms with Gasteiger partial charge in [-0.15, -0.1) is 11.3 Å². The third-order valence-corrected chi connectivity index (χ3v) is 6.08. The van der Waals surface area contributed by atoms with Crippen LogP contribution in [0.1, 0.15) is 31.6 Å². The van der Waals surface area contributed by atoms with Crippen molar-refractivity contribution in [1.29, 1.82) is 5.26 Å². The second-order valence-corrected chi connectivity index (χ2v) is 7.46. The first-order chi connectivity index (χ1) is 10.2. The fourth-order valence-electron chi connectivity index (χ4n) is 2.39. The molecule has 21 heavy (non-hydrogen) atoms. The number of benzene rings is 1. The predicted molar refractivity (Wildman–Crippen MR) is 88.3 cm³/mol. The van der Waals surface area contributed by atoms with Crippen LogP contribution in [0.25, 0.3) is 0 Å². The van der Waals surface area contributed by atoms with Crippen LogP contribution in [0, 0.1) is 11.3 Å². The molecule has 1 atom stereocenters. The Morgan fingerprint density at radius 1 is 1.38 bits per heavy atom. The van der Waals surface area contributed by atoms with Crippen molar-refractivity contribution < 1.29 is 4.79 Å². The van der Waals surface area contributed by atoms with Crippen LogP contribution in [-0.4, -0.2) is 11.5 Å². The normalized spacial score (nSPS) is 15.0. The number of carbonyl (C=O) groups is 1. The summed E-state index contributed by atoms with van der Waals surface area (Å²) in [4.78, 5) is 14.6. The molecule has 0 spiro atoms. The van der Waals surface area contributed by atoms with Crippen LogP contribution >= 0.6 is 34.7 Å². The molecule has 106 valence electrons. The quantitative estimate of drug-likeness (QED) is 0.766. The summed E-state index contributed by atoms with van der Waals surface area (Å²) in [6, 6.07) is 11.1. The third kappa shape index (κ3) is 2.87. The monoisotopic (exact) mass is 333 g/mol. The maximum Gasteiger partial charge on any atom is 0.194 e. The van der Waals surface area contributed by atoms with E-state index in [1.807, 2.05) is 17.8 Å². The lowest BCUT2D eigenvalue weighted by Gasteiger charge is -2.08. The Labute approximate surface area is 136 Å². The molecule has 3 rings (SSSR count). The van der Waals surface area contributed by atoms with E-state index >= 15 is 0 Å². The van der Waals surface area contributed by atoms with Gasteiger partial charge in [0.15, 0.2) is 5.78 Å². The van der Waals surface area contributed by atoms with Gasteiger partial charge in [0, 0.05) is 15.7 Å². The zero-order chi connectivity index (χ0) is 14.8. The lowest BCUT2D eigenvalue weighted by molar-refractivity contribution is 0.0982. The number of rotatable bonds is 3. The van der Waals surface area contributed by atoms with Gasteiger partial charge in [0.05, 0.1) is 10.9 Å². The van der Waals surface area contributed by atoms with E-state index in [-0.39, 0.29) is 5.78 Å². The van der Waals surface area contributed by atoms with Gasteiger partial charge in [0.2, 0.25) is 0 Å². The number of nitrogens with zero attached hydrogens (tertiary/aromatic N) is 1. The first-order valence-electron chi connectivity index (χ1n) is 6.58. The molecular formula is C16H12ClNOS2. The van der Waals surface area contributed by atoms with Crippen LogP contribution in [-0.2, 0) is 12.2 Å². The smallest absolute Gasteiger partial charge is 0.194 e. The van der Waals surface area contributed by atoms with Crippen molar-refractivity contribution in [2.75, 3.05) is 5.75 Å². The maximum atomic E-state index is 12.7. The summed E-state index contributed by atoms with van der Waals surface area (Å²) in [5, 5.41) is 9.88. The molecule has 0 aliphatic carbocycles. The van der Waals surface area contributed by atoms with E-state index in [0.717, 1.165) is 17.9 Å². The van der Waals surface area contributed by atoms with E-state index in [0.29, 0.717) is 15.5 Å². The summed E-state index contributed by atoms with van der Waals surface area (Å²) in [5.41, 5.74) is 1.84. The Kier molecular flexibility index (Phi) is 4.34.